The van der Waals surface area contributed by atoms with Gasteiger partial charge in [0.1, 0.15) is 5.75 Å². The molecule has 150 valence electrons. The van der Waals surface area contributed by atoms with Gasteiger partial charge in [-0.3, -0.25) is 4.79 Å². The van der Waals surface area contributed by atoms with Gasteiger partial charge in [0.2, 0.25) is 0 Å². The number of halogens is 4. The third-order valence-corrected chi connectivity index (χ3v) is 6.12. The first kappa shape index (κ1) is 20.9. The fourth-order valence-corrected chi connectivity index (χ4v) is 4.60. The number of hydrogen-bond acceptors (Lipinski definition) is 3. The maximum Gasteiger partial charge on any atom is 0.416 e. The molecule has 0 saturated carbocycles. The summed E-state index contributed by atoms with van der Waals surface area (Å²) in [6, 6.07) is 12.2. The molecule has 1 atom stereocenters. The Morgan fingerprint density at radius 1 is 1.18 bits per heavy atom. The zero-order valence-electron chi connectivity index (χ0n) is 14.9. The Bertz CT molecular complexity index is 831. The molecule has 3 rings (SSSR count). The monoisotopic (exact) mass is 429 g/mol. The van der Waals surface area contributed by atoms with Crippen LogP contribution in [0.2, 0.25) is 5.02 Å². The first-order valence-corrected chi connectivity index (χ1v) is 10.2. The molecule has 0 aliphatic carbocycles. The van der Waals surface area contributed by atoms with Crippen molar-refractivity contribution >= 4 is 29.3 Å². The number of benzene rings is 2. The van der Waals surface area contributed by atoms with Gasteiger partial charge >= 0.3 is 6.18 Å². The first-order chi connectivity index (χ1) is 13.3. The van der Waals surface area contributed by atoms with Crippen LogP contribution in [0, 0.1) is 0 Å². The summed E-state index contributed by atoms with van der Waals surface area (Å²) in [5.41, 5.74) is 0.259. The zero-order valence-corrected chi connectivity index (χ0v) is 16.5. The Morgan fingerprint density at radius 2 is 1.96 bits per heavy atom. The Balaban J connectivity index is 1.56. The third kappa shape index (κ3) is 5.35. The number of ether oxygens (including phenoxy) is 1. The van der Waals surface area contributed by atoms with Crippen LogP contribution in [0.4, 0.5) is 13.2 Å². The fraction of sp³-hybridized carbons (Fsp3) is 0.350. The average Bonchev–Trinajstić information content (AvgIpc) is 2.92. The molecule has 3 nitrogen and oxygen atoms in total. The van der Waals surface area contributed by atoms with Crippen LogP contribution >= 0.6 is 23.4 Å². The van der Waals surface area contributed by atoms with Gasteiger partial charge < -0.3 is 9.64 Å². The van der Waals surface area contributed by atoms with Crippen molar-refractivity contribution in [2.24, 2.45) is 0 Å². The Hall–Kier alpha value is -1.86. The lowest BCUT2D eigenvalue weighted by Crippen LogP contribution is -2.36. The van der Waals surface area contributed by atoms with Gasteiger partial charge in [-0.05, 0) is 36.2 Å². The van der Waals surface area contributed by atoms with Crippen molar-refractivity contribution in [3.8, 4) is 5.75 Å². The van der Waals surface area contributed by atoms with Crippen LogP contribution < -0.4 is 4.74 Å². The smallest absolute Gasteiger partial charge is 0.416 e. The molecule has 0 N–H and O–H groups in total. The van der Waals surface area contributed by atoms with Gasteiger partial charge in [0.05, 0.1) is 5.56 Å². The van der Waals surface area contributed by atoms with E-state index in [-0.39, 0.29) is 23.5 Å². The number of amides is 1. The molecule has 1 aliphatic rings. The lowest BCUT2D eigenvalue weighted by molar-refractivity contribution is -0.137. The predicted octanol–water partition coefficient (Wildman–Crippen LogP) is 5.44. The van der Waals surface area contributed by atoms with E-state index in [1.807, 2.05) is 24.3 Å². The zero-order chi connectivity index (χ0) is 20.1. The highest BCUT2D eigenvalue weighted by molar-refractivity contribution is 7.99. The maximum atomic E-state index is 12.8. The van der Waals surface area contributed by atoms with Gasteiger partial charge in [-0.25, -0.2) is 0 Å². The molecular formula is C20H19ClF3NO2S. The van der Waals surface area contributed by atoms with E-state index in [2.05, 4.69) is 0 Å². The number of rotatable bonds is 4. The summed E-state index contributed by atoms with van der Waals surface area (Å²) < 4.78 is 43.6. The van der Waals surface area contributed by atoms with E-state index in [0.717, 1.165) is 29.9 Å². The van der Waals surface area contributed by atoms with Crippen LogP contribution in [0.5, 0.6) is 5.75 Å². The summed E-state index contributed by atoms with van der Waals surface area (Å²) >= 11 is 8.03. The van der Waals surface area contributed by atoms with Crippen LogP contribution in [0.3, 0.4) is 0 Å². The second-order valence-electron chi connectivity index (χ2n) is 6.36. The number of hydrogen-bond donors (Lipinski definition) is 0. The standard InChI is InChI=1S/C20H19ClF3NO2S/c21-17-7-2-1-6-16(17)18-8-9-25(10-11-28-18)19(26)13-27-15-5-3-4-14(12-15)20(22,23)24/h1-7,12,18H,8-11,13H2. The van der Waals surface area contributed by atoms with Gasteiger partial charge in [-0.15, -0.1) is 0 Å². The van der Waals surface area contributed by atoms with Crippen molar-refractivity contribution in [2.45, 2.75) is 17.8 Å². The lowest BCUT2D eigenvalue weighted by Gasteiger charge is -2.21. The highest BCUT2D eigenvalue weighted by atomic mass is 35.5. The third-order valence-electron chi connectivity index (χ3n) is 4.47. The molecule has 0 radical (unpaired) electrons. The molecule has 8 heteroatoms. The van der Waals surface area contributed by atoms with Crippen LogP contribution in [0.15, 0.2) is 48.5 Å². The molecule has 28 heavy (non-hydrogen) atoms. The minimum Gasteiger partial charge on any atom is -0.484 e. The van der Waals surface area contributed by atoms with Crippen molar-refractivity contribution in [1.29, 1.82) is 0 Å². The molecule has 1 aliphatic heterocycles. The van der Waals surface area contributed by atoms with Crippen LogP contribution in [0.25, 0.3) is 0 Å². The van der Waals surface area contributed by atoms with Gasteiger partial charge in [0, 0.05) is 29.1 Å². The SMILES string of the molecule is O=C(COc1cccc(C(F)(F)F)c1)N1CCSC(c2ccccc2Cl)CC1. The Kier molecular flexibility index (Phi) is 6.78. The molecule has 1 unspecified atom stereocenters. The fourth-order valence-electron chi connectivity index (χ4n) is 3.00. The van der Waals surface area contributed by atoms with E-state index in [1.54, 1.807) is 16.7 Å². The second-order valence-corrected chi connectivity index (χ2v) is 8.08. The van der Waals surface area contributed by atoms with Gasteiger partial charge in [0.25, 0.3) is 5.91 Å². The van der Waals surface area contributed by atoms with Crippen LogP contribution in [-0.4, -0.2) is 36.3 Å². The Labute approximate surface area is 170 Å². The Morgan fingerprint density at radius 3 is 2.71 bits per heavy atom. The van der Waals surface area contributed by atoms with Gasteiger partial charge in [-0.2, -0.15) is 24.9 Å². The molecule has 0 bridgehead atoms. The molecule has 2 aromatic rings. The molecule has 0 aromatic heterocycles. The van der Waals surface area contributed by atoms with E-state index in [0.29, 0.717) is 18.1 Å². The molecule has 1 heterocycles. The van der Waals surface area contributed by atoms with E-state index in [1.165, 1.54) is 12.1 Å². The van der Waals surface area contributed by atoms with Gasteiger partial charge in [-0.1, -0.05) is 35.9 Å². The highest BCUT2D eigenvalue weighted by Gasteiger charge is 2.30. The molecule has 1 saturated heterocycles. The van der Waals surface area contributed by atoms with E-state index in [4.69, 9.17) is 16.3 Å². The van der Waals surface area contributed by atoms with Gasteiger partial charge in [0.15, 0.2) is 6.61 Å². The average molecular weight is 430 g/mol. The number of carbonyl (C=O) groups excluding carboxylic acids is 1. The summed E-state index contributed by atoms with van der Waals surface area (Å²) in [6.45, 7) is 0.826. The number of alkyl halides is 3. The summed E-state index contributed by atoms with van der Waals surface area (Å²) in [5, 5.41) is 0.920. The van der Waals surface area contributed by atoms with Crippen molar-refractivity contribution < 1.29 is 22.7 Å². The van der Waals surface area contributed by atoms with E-state index < -0.39 is 11.7 Å². The van der Waals surface area contributed by atoms with Crippen molar-refractivity contribution in [3.05, 3.63) is 64.7 Å². The summed E-state index contributed by atoms with van der Waals surface area (Å²) in [7, 11) is 0. The molecule has 0 spiro atoms. The van der Waals surface area contributed by atoms with Crippen molar-refractivity contribution in [2.75, 3.05) is 25.4 Å². The molecular weight excluding hydrogens is 411 g/mol. The quantitative estimate of drug-likeness (QED) is 0.647. The first-order valence-electron chi connectivity index (χ1n) is 8.78. The number of carbonyl (C=O) groups is 1. The predicted molar refractivity (Wildman–Crippen MR) is 105 cm³/mol. The minimum absolute atomic E-state index is 0.0290. The number of thioether (sulfide) groups is 1. The summed E-state index contributed by atoms with van der Waals surface area (Å²) in [5.74, 6) is 0.546. The molecule has 1 fully saturated rings. The summed E-state index contributed by atoms with van der Waals surface area (Å²) in [6.07, 6.45) is -3.69. The minimum atomic E-state index is -4.45. The highest BCUT2D eigenvalue weighted by Crippen LogP contribution is 2.37. The lowest BCUT2D eigenvalue weighted by atomic mass is 10.1. The van der Waals surface area contributed by atoms with Crippen LogP contribution in [0.1, 0.15) is 22.8 Å². The topological polar surface area (TPSA) is 29.5 Å². The normalized spacial score (nSPS) is 17.9. The molecule has 1 amide bonds. The van der Waals surface area contributed by atoms with Crippen LogP contribution in [-0.2, 0) is 11.0 Å². The summed E-state index contributed by atoms with van der Waals surface area (Å²) in [4.78, 5) is 14.2. The van der Waals surface area contributed by atoms with E-state index in [9.17, 15) is 18.0 Å². The van der Waals surface area contributed by atoms with Crippen molar-refractivity contribution in [3.63, 3.8) is 0 Å². The number of nitrogens with zero attached hydrogens (tertiary/aromatic N) is 1. The molecule has 2 aromatic carbocycles. The largest absolute Gasteiger partial charge is 0.484 e. The van der Waals surface area contributed by atoms with E-state index >= 15 is 0 Å². The van der Waals surface area contributed by atoms with Crippen molar-refractivity contribution in [1.82, 2.24) is 4.90 Å². The maximum absolute atomic E-state index is 12.8. The second kappa shape index (κ2) is 9.09.